The molecule has 0 aromatic carbocycles. The van der Waals surface area contributed by atoms with Crippen molar-refractivity contribution >= 4 is 11.9 Å². The molecule has 0 aliphatic carbocycles. The molecule has 1 fully saturated rings. The summed E-state index contributed by atoms with van der Waals surface area (Å²) >= 11 is 0. The molecule has 1 aliphatic heterocycles. The maximum Gasteiger partial charge on any atom is 0.305 e. The lowest BCUT2D eigenvalue weighted by Gasteiger charge is -2.40. The first-order valence-corrected chi connectivity index (χ1v) is 30.2. The molecule has 0 aromatic heterocycles. The summed E-state index contributed by atoms with van der Waals surface area (Å²) < 4.78 is 16.6. The largest absolute Gasteiger partial charge is 0.465 e. The average Bonchev–Trinajstić information content (AvgIpc) is 3.40. The highest BCUT2D eigenvalue weighted by molar-refractivity contribution is 5.76. The molecule has 0 bridgehead atoms. The molecule has 0 radical (unpaired) electrons. The number of hydrogen-bond donors (Lipinski definition) is 6. The number of carbonyl (C=O) groups excluding carboxylic acids is 2. The van der Waals surface area contributed by atoms with E-state index >= 15 is 0 Å². The summed E-state index contributed by atoms with van der Waals surface area (Å²) in [6.45, 7) is 4.12. The number of hydrogen-bond acceptors (Lipinski definition) is 10. The number of ether oxygens (including phenoxy) is 3. The summed E-state index contributed by atoms with van der Waals surface area (Å²) in [5.74, 6) is -0.264. The molecule has 74 heavy (non-hydrogen) atoms. The average molecular weight is 1040 g/mol. The molecule has 7 atom stereocenters. The molecule has 11 heteroatoms. The number of aliphatic hydroxyl groups is 5. The second-order valence-electron chi connectivity index (χ2n) is 20.7. The van der Waals surface area contributed by atoms with Gasteiger partial charge in [0.05, 0.1) is 32.0 Å². The lowest BCUT2D eigenvalue weighted by molar-refractivity contribution is -0.302. The van der Waals surface area contributed by atoms with Crippen LogP contribution in [0.3, 0.4) is 0 Å². The van der Waals surface area contributed by atoms with E-state index in [1.807, 2.05) is 6.08 Å². The summed E-state index contributed by atoms with van der Waals surface area (Å²) in [5, 5.41) is 54.3. The van der Waals surface area contributed by atoms with E-state index in [-0.39, 0.29) is 18.5 Å². The quantitative estimate of drug-likeness (QED) is 0.0195. The number of nitrogens with one attached hydrogen (secondary N) is 1. The van der Waals surface area contributed by atoms with Gasteiger partial charge in [-0.3, -0.25) is 9.59 Å². The number of carbonyl (C=O) groups is 2. The number of unbranched alkanes of at least 4 members (excludes halogenated alkanes) is 27. The minimum atomic E-state index is -1.58. The molecule has 428 valence electrons. The van der Waals surface area contributed by atoms with E-state index in [9.17, 15) is 35.1 Å². The molecule has 1 heterocycles. The molecular formula is C63H111NO10. The number of aliphatic hydroxyl groups excluding tert-OH is 5. The molecule has 1 amide bonds. The second kappa shape index (κ2) is 52.2. The highest BCUT2D eigenvalue weighted by Crippen LogP contribution is 2.23. The summed E-state index contributed by atoms with van der Waals surface area (Å²) in [6.07, 6.45) is 58.7. The summed E-state index contributed by atoms with van der Waals surface area (Å²) in [6, 6.07) is -0.833. The lowest BCUT2D eigenvalue weighted by atomic mass is 9.99. The zero-order valence-electron chi connectivity index (χ0n) is 47.0. The maximum absolute atomic E-state index is 13.0. The zero-order valence-corrected chi connectivity index (χ0v) is 47.0. The van der Waals surface area contributed by atoms with Crippen LogP contribution in [0.5, 0.6) is 0 Å². The fourth-order valence-electron chi connectivity index (χ4n) is 8.97. The highest BCUT2D eigenvalue weighted by Gasteiger charge is 2.44. The van der Waals surface area contributed by atoms with E-state index in [2.05, 4.69) is 79.9 Å². The van der Waals surface area contributed by atoms with Crippen LogP contribution in [0.2, 0.25) is 0 Å². The Morgan fingerprint density at radius 3 is 1.47 bits per heavy atom. The van der Waals surface area contributed by atoms with Gasteiger partial charge in [0.2, 0.25) is 5.91 Å². The van der Waals surface area contributed by atoms with Crippen molar-refractivity contribution in [1.29, 1.82) is 0 Å². The summed E-state index contributed by atoms with van der Waals surface area (Å²) in [5.41, 5.74) is 0. The Labute approximate surface area is 451 Å². The van der Waals surface area contributed by atoms with Crippen LogP contribution < -0.4 is 5.32 Å². The molecule has 11 nitrogen and oxygen atoms in total. The summed E-state index contributed by atoms with van der Waals surface area (Å²) in [7, 11) is 0. The van der Waals surface area contributed by atoms with Gasteiger partial charge in [-0.05, 0) is 89.9 Å². The minimum Gasteiger partial charge on any atom is -0.465 e. The smallest absolute Gasteiger partial charge is 0.305 e. The molecule has 1 aliphatic rings. The second-order valence-corrected chi connectivity index (χ2v) is 20.7. The van der Waals surface area contributed by atoms with Crippen molar-refractivity contribution in [2.45, 2.75) is 294 Å². The van der Waals surface area contributed by atoms with Gasteiger partial charge < -0.3 is 45.1 Å². The van der Waals surface area contributed by atoms with E-state index in [1.165, 1.54) is 135 Å². The predicted octanol–water partition coefficient (Wildman–Crippen LogP) is 14.0. The monoisotopic (exact) mass is 1040 g/mol. The zero-order chi connectivity index (χ0) is 53.8. The topological polar surface area (TPSA) is 175 Å². The van der Waals surface area contributed by atoms with Crippen molar-refractivity contribution in [2.24, 2.45) is 0 Å². The predicted molar refractivity (Wildman–Crippen MR) is 306 cm³/mol. The maximum atomic E-state index is 13.0. The molecule has 0 aromatic rings. The van der Waals surface area contributed by atoms with Crippen molar-refractivity contribution < 1.29 is 49.3 Å². The Balaban J connectivity index is 2.09. The highest BCUT2D eigenvalue weighted by atomic mass is 16.7. The van der Waals surface area contributed by atoms with E-state index in [0.29, 0.717) is 19.4 Å². The van der Waals surface area contributed by atoms with Crippen molar-refractivity contribution in [1.82, 2.24) is 5.32 Å². The van der Waals surface area contributed by atoms with Gasteiger partial charge in [-0.25, -0.2) is 0 Å². The fourth-order valence-corrected chi connectivity index (χ4v) is 8.97. The van der Waals surface area contributed by atoms with Crippen LogP contribution in [0, 0.1) is 0 Å². The SMILES string of the molecule is CCC/C=C\C/C=C\CCCCCCCC(=O)OCC/C=C\C/C=C\CCCCCCCCCCCCCCCCC(=O)NC(COC1OC(CO)C(O)C(O)C1O)C(O)/C=C/CC/C=C/CCCCCCCC. The molecule has 6 N–H and O–H groups in total. The third-order valence-electron chi connectivity index (χ3n) is 13.8. The Kier molecular flexibility index (Phi) is 48.7. The van der Waals surface area contributed by atoms with Crippen molar-refractivity contribution in [2.75, 3.05) is 19.8 Å². The molecule has 0 spiro atoms. The van der Waals surface area contributed by atoms with Gasteiger partial charge in [-0.2, -0.15) is 0 Å². The molecule has 1 saturated heterocycles. The van der Waals surface area contributed by atoms with Crippen LogP contribution in [0.1, 0.15) is 251 Å². The van der Waals surface area contributed by atoms with Gasteiger partial charge in [0.15, 0.2) is 6.29 Å². The standard InChI is InChI=1S/C63H111NO10/c1-3-5-7-9-11-13-15-26-31-35-39-43-47-51-59(68)72-52-48-44-40-36-32-28-25-23-21-19-17-18-20-22-24-27-30-34-38-42-46-50-58(67)64-55(54-73-63-62(71)61(70)60(69)57(53-65)74-63)56(66)49-45-41-37-33-29-16-14-12-10-8-6-4-2/h7,9,13,15,28-29,32-33,40,44-45,49,55-57,60-63,65-66,69-71H,3-6,8,10-12,14,16-27,30-31,34-39,41-43,46-48,50-54H2,1-2H3,(H,64,67)/b9-7-,15-13-,32-28-,33-29+,44-40-,49-45+. The van der Waals surface area contributed by atoms with Crippen LogP contribution in [-0.2, 0) is 23.8 Å². The normalized spacial score (nSPS) is 19.4. The Hall–Kier alpha value is -2.90. The van der Waals surface area contributed by atoms with Crippen LogP contribution in [0.15, 0.2) is 72.9 Å². The van der Waals surface area contributed by atoms with E-state index in [1.54, 1.807) is 6.08 Å². The third kappa shape index (κ3) is 41.3. The molecular weight excluding hydrogens is 931 g/mol. The molecule has 0 saturated carbocycles. The first kappa shape index (κ1) is 69.1. The fraction of sp³-hybridized carbons (Fsp3) is 0.778. The number of allylic oxidation sites excluding steroid dienone is 10. The van der Waals surface area contributed by atoms with Gasteiger partial charge >= 0.3 is 5.97 Å². The summed E-state index contributed by atoms with van der Waals surface area (Å²) in [4.78, 5) is 25.0. The van der Waals surface area contributed by atoms with Crippen LogP contribution in [0.4, 0.5) is 0 Å². The number of esters is 1. The Morgan fingerprint density at radius 2 is 0.946 bits per heavy atom. The lowest BCUT2D eigenvalue weighted by Crippen LogP contribution is -2.60. The van der Waals surface area contributed by atoms with Crippen LogP contribution in [0.25, 0.3) is 0 Å². The van der Waals surface area contributed by atoms with E-state index in [0.717, 1.165) is 89.9 Å². The van der Waals surface area contributed by atoms with Gasteiger partial charge in [0.25, 0.3) is 0 Å². The first-order chi connectivity index (χ1) is 36.2. The Morgan fingerprint density at radius 1 is 0.500 bits per heavy atom. The third-order valence-corrected chi connectivity index (χ3v) is 13.8. The molecule has 7 unspecified atom stereocenters. The number of rotatable bonds is 51. The van der Waals surface area contributed by atoms with Gasteiger partial charge in [-0.15, -0.1) is 0 Å². The van der Waals surface area contributed by atoms with Gasteiger partial charge in [0, 0.05) is 12.8 Å². The van der Waals surface area contributed by atoms with Gasteiger partial charge in [-0.1, -0.05) is 222 Å². The minimum absolute atomic E-state index is 0.0653. The van der Waals surface area contributed by atoms with E-state index < -0.39 is 49.5 Å². The van der Waals surface area contributed by atoms with Gasteiger partial charge in [0.1, 0.15) is 24.4 Å². The van der Waals surface area contributed by atoms with E-state index in [4.69, 9.17) is 14.2 Å². The van der Waals surface area contributed by atoms with Crippen molar-refractivity contribution in [3.63, 3.8) is 0 Å². The molecule has 1 rings (SSSR count). The number of amides is 1. The van der Waals surface area contributed by atoms with Crippen LogP contribution in [-0.4, -0.2) is 100 Å². The van der Waals surface area contributed by atoms with Crippen LogP contribution >= 0.6 is 0 Å². The van der Waals surface area contributed by atoms with Crippen molar-refractivity contribution in [3.8, 4) is 0 Å². The first-order valence-electron chi connectivity index (χ1n) is 30.2. The Bertz CT molecular complexity index is 1460. The van der Waals surface area contributed by atoms with Crippen molar-refractivity contribution in [3.05, 3.63) is 72.9 Å².